The molecule has 0 spiro atoms. The van der Waals surface area contributed by atoms with Crippen LogP contribution in [0, 0.1) is 0 Å². The Morgan fingerprint density at radius 2 is 1.91 bits per heavy atom. The lowest BCUT2D eigenvalue weighted by atomic mass is 10.1. The van der Waals surface area contributed by atoms with E-state index in [1.807, 2.05) is 0 Å². The van der Waals surface area contributed by atoms with E-state index in [2.05, 4.69) is 0 Å². The number of likely N-dealkylation sites (N-methyl/N-ethyl adjacent to an activating group) is 1. The highest BCUT2D eigenvalue weighted by atomic mass is 32.2. The normalized spacial score (nSPS) is 14.5. The lowest BCUT2D eigenvalue weighted by molar-refractivity contribution is -0.145. The molecule has 1 atom stereocenters. The number of hydrogen-bond donors (Lipinski definition) is 2. The van der Waals surface area contributed by atoms with Gasteiger partial charge in [0.2, 0.25) is 10.0 Å². The third kappa shape index (κ3) is 4.37. The molecule has 1 aromatic rings. The van der Waals surface area contributed by atoms with Gasteiger partial charge >= 0.3 is 5.97 Å². The van der Waals surface area contributed by atoms with Gasteiger partial charge < -0.3 is 14.9 Å². The first kappa shape index (κ1) is 19.8. The van der Waals surface area contributed by atoms with Crippen molar-refractivity contribution in [1.82, 2.24) is 4.31 Å². The van der Waals surface area contributed by atoms with Gasteiger partial charge in [0.15, 0.2) is 0 Å². The number of carbonyl (C=O) groups is 1. The zero-order chi connectivity index (χ0) is 17.7. The van der Waals surface area contributed by atoms with Gasteiger partial charge in [0.1, 0.15) is 11.3 Å². The van der Waals surface area contributed by atoms with Crippen LogP contribution >= 0.6 is 11.8 Å². The largest absolute Gasteiger partial charge is 0.497 e. The van der Waals surface area contributed by atoms with Crippen LogP contribution in [-0.4, -0.2) is 66.7 Å². The second kappa shape index (κ2) is 8.00. The zero-order valence-corrected chi connectivity index (χ0v) is 14.9. The van der Waals surface area contributed by atoms with Crippen molar-refractivity contribution in [1.29, 1.82) is 0 Å². The average molecular weight is 363 g/mol. The molecule has 7 nitrogen and oxygen atoms in total. The number of aliphatic hydroxyl groups is 1. The lowest BCUT2D eigenvalue weighted by Crippen LogP contribution is -2.54. The summed E-state index contributed by atoms with van der Waals surface area (Å²) >= 11 is 1.18. The number of hydrogen-bond acceptors (Lipinski definition) is 6. The van der Waals surface area contributed by atoms with Crippen molar-refractivity contribution in [2.45, 2.75) is 17.4 Å². The van der Waals surface area contributed by atoms with Gasteiger partial charge in [0, 0.05) is 18.6 Å². The van der Waals surface area contributed by atoms with Crippen LogP contribution in [0.25, 0.3) is 0 Å². The number of methoxy groups -OCH3 is 1. The van der Waals surface area contributed by atoms with E-state index < -0.39 is 21.5 Å². The minimum absolute atomic E-state index is 0.0135. The highest BCUT2D eigenvalue weighted by molar-refractivity contribution is 7.99. The van der Waals surface area contributed by atoms with E-state index in [0.717, 1.165) is 4.31 Å². The molecule has 0 aliphatic carbocycles. The van der Waals surface area contributed by atoms with Crippen LogP contribution in [0.5, 0.6) is 5.75 Å². The average Bonchev–Trinajstić information content (AvgIpc) is 2.54. The standard InChI is InChI=1S/C14H21NO6S2/c1-14(13(17)18,10-22-9-8-16)15(2)23(19,20)12-6-4-11(21-3)5-7-12/h4-7,16H,8-10H2,1-3H3,(H,17,18)/t14-/m1/s1. The van der Waals surface area contributed by atoms with Crippen molar-refractivity contribution in [2.24, 2.45) is 0 Å². The summed E-state index contributed by atoms with van der Waals surface area (Å²) in [5, 5.41) is 18.3. The molecule has 130 valence electrons. The first-order valence-electron chi connectivity index (χ1n) is 6.75. The molecule has 0 saturated heterocycles. The van der Waals surface area contributed by atoms with Gasteiger partial charge in [-0.3, -0.25) is 4.79 Å². The first-order valence-corrected chi connectivity index (χ1v) is 9.34. The maximum atomic E-state index is 12.7. The van der Waals surface area contributed by atoms with Crippen LogP contribution < -0.4 is 4.74 Å². The van der Waals surface area contributed by atoms with Crippen LogP contribution in [0.15, 0.2) is 29.2 Å². The zero-order valence-electron chi connectivity index (χ0n) is 13.2. The Morgan fingerprint density at radius 3 is 2.35 bits per heavy atom. The van der Waals surface area contributed by atoms with Gasteiger partial charge in [-0.05, 0) is 31.2 Å². The molecular formula is C14H21NO6S2. The molecule has 0 aromatic heterocycles. The van der Waals surface area contributed by atoms with Crippen molar-refractivity contribution in [2.75, 3.05) is 32.3 Å². The number of rotatable bonds is 9. The number of carboxylic acid groups (broad SMARTS) is 1. The molecular weight excluding hydrogens is 342 g/mol. The Morgan fingerprint density at radius 1 is 1.35 bits per heavy atom. The van der Waals surface area contributed by atoms with E-state index in [9.17, 15) is 18.3 Å². The van der Waals surface area contributed by atoms with Gasteiger partial charge in [-0.1, -0.05) is 0 Å². The molecule has 0 unspecified atom stereocenters. The van der Waals surface area contributed by atoms with E-state index in [4.69, 9.17) is 9.84 Å². The van der Waals surface area contributed by atoms with Crippen molar-refractivity contribution in [3.8, 4) is 5.75 Å². The molecule has 0 bridgehead atoms. The lowest BCUT2D eigenvalue weighted by Gasteiger charge is -2.33. The molecule has 0 amide bonds. The fourth-order valence-electron chi connectivity index (χ4n) is 1.79. The molecule has 0 heterocycles. The van der Waals surface area contributed by atoms with Gasteiger partial charge in [-0.25, -0.2) is 8.42 Å². The molecule has 1 rings (SSSR count). The minimum Gasteiger partial charge on any atom is -0.497 e. The summed E-state index contributed by atoms with van der Waals surface area (Å²) < 4.78 is 31.2. The summed E-state index contributed by atoms with van der Waals surface area (Å²) in [6, 6.07) is 5.74. The van der Waals surface area contributed by atoms with Gasteiger partial charge in [-0.15, -0.1) is 0 Å². The van der Waals surface area contributed by atoms with Crippen molar-refractivity contribution in [3.05, 3.63) is 24.3 Å². The predicted molar refractivity (Wildman–Crippen MR) is 88.4 cm³/mol. The fourth-order valence-corrected chi connectivity index (χ4v) is 4.33. The summed E-state index contributed by atoms with van der Waals surface area (Å²) in [6.07, 6.45) is 0. The van der Waals surface area contributed by atoms with Crippen molar-refractivity contribution in [3.63, 3.8) is 0 Å². The van der Waals surface area contributed by atoms with E-state index >= 15 is 0 Å². The number of nitrogens with zero attached hydrogens (tertiary/aromatic N) is 1. The minimum atomic E-state index is -3.98. The van der Waals surface area contributed by atoms with E-state index in [-0.39, 0.29) is 17.3 Å². The van der Waals surface area contributed by atoms with Gasteiger partial charge in [0.25, 0.3) is 0 Å². The van der Waals surface area contributed by atoms with Crippen LogP contribution in [-0.2, 0) is 14.8 Å². The van der Waals surface area contributed by atoms with Crippen LogP contribution in [0.3, 0.4) is 0 Å². The number of ether oxygens (including phenoxy) is 1. The molecule has 0 radical (unpaired) electrons. The smallest absolute Gasteiger partial charge is 0.325 e. The Kier molecular flexibility index (Phi) is 6.87. The number of carboxylic acids is 1. The monoisotopic (exact) mass is 363 g/mol. The molecule has 1 aromatic carbocycles. The number of aliphatic carboxylic acids is 1. The Hall–Kier alpha value is -1.29. The van der Waals surface area contributed by atoms with Crippen LogP contribution in [0.2, 0.25) is 0 Å². The summed E-state index contributed by atoms with van der Waals surface area (Å²) in [5.41, 5.74) is -1.63. The molecule has 2 N–H and O–H groups in total. The molecule has 0 saturated carbocycles. The maximum Gasteiger partial charge on any atom is 0.325 e. The fraction of sp³-hybridized carbons (Fsp3) is 0.500. The summed E-state index contributed by atoms with van der Waals surface area (Å²) in [4.78, 5) is 11.6. The molecule has 0 aliphatic heterocycles. The summed E-state index contributed by atoms with van der Waals surface area (Å²) in [5.74, 6) is -0.387. The third-order valence-electron chi connectivity index (χ3n) is 3.49. The van der Waals surface area contributed by atoms with Gasteiger partial charge in [0.05, 0.1) is 18.6 Å². The van der Waals surface area contributed by atoms with Gasteiger partial charge in [-0.2, -0.15) is 16.1 Å². The van der Waals surface area contributed by atoms with Crippen LogP contribution in [0.1, 0.15) is 6.92 Å². The number of sulfonamides is 1. The Labute approximate surface area is 140 Å². The Balaban J connectivity index is 3.13. The second-order valence-corrected chi connectivity index (χ2v) is 8.08. The molecule has 9 heteroatoms. The summed E-state index contributed by atoms with van der Waals surface area (Å²) in [6.45, 7) is 1.25. The number of benzene rings is 1. The Bertz CT molecular complexity index is 631. The van der Waals surface area contributed by atoms with E-state index in [1.165, 1.54) is 57.1 Å². The second-order valence-electron chi connectivity index (χ2n) is 5.00. The summed E-state index contributed by atoms with van der Waals surface area (Å²) in [7, 11) is -1.27. The first-order chi connectivity index (χ1) is 10.7. The highest BCUT2D eigenvalue weighted by Crippen LogP contribution is 2.27. The predicted octanol–water partition coefficient (Wildman–Crippen LogP) is 0.884. The van der Waals surface area contributed by atoms with Crippen molar-refractivity contribution >= 4 is 27.8 Å². The molecule has 23 heavy (non-hydrogen) atoms. The topological polar surface area (TPSA) is 104 Å². The SMILES string of the molecule is COc1ccc(S(=O)(=O)N(C)[C@](C)(CSCCO)C(=O)O)cc1. The highest BCUT2D eigenvalue weighted by Gasteiger charge is 2.44. The van der Waals surface area contributed by atoms with Crippen LogP contribution in [0.4, 0.5) is 0 Å². The van der Waals surface area contributed by atoms with Crippen molar-refractivity contribution < 1.29 is 28.2 Å². The third-order valence-corrected chi connectivity index (χ3v) is 6.72. The number of aliphatic hydroxyl groups excluding tert-OH is 1. The molecule has 0 aliphatic rings. The van der Waals surface area contributed by atoms with E-state index in [0.29, 0.717) is 11.5 Å². The molecule has 0 fully saturated rings. The van der Waals surface area contributed by atoms with E-state index in [1.54, 1.807) is 0 Å². The maximum absolute atomic E-state index is 12.7. The number of thioether (sulfide) groups is 1. The quantitative estimate of drug-likeness (QED) is 0.628.